The van der Waals surface area contributed by atoms with Crippen molar-refractivity contribution in [3.63, 3.8) is 0 Å². The molecule has 4 nitrogen and oxygen atoms in total. The van der Waals surface area contributed by atoms with Crippen molar-refractivity contribution in [2.24, 2.45) is 5.73 Å². The fraction of sp³-hybridized carbons (Fsp3) is 0.364. The third kappa shape index (κ3) is 2.90. The number of hydrogen-bond donors (Lipinski definition) is 2. The van der Waals surface area contributed by atoms with Crippen molar-refractivity contribution in [2.45, 2.75) is 17.4 Å². The number of carbonyl (C=O) groups is 1. The molecule has 1 aromatic rings. The molecule has 0 aromatic heterocycles. The minimum absolute atomic E-state index is 0.103. The molecule has 1 rings (SSSR count). The number of nitrogens with two attached hydrogens (primary N) is 1. The number of methoxy groups -OCH3 is 1. The number of aliphatic carboxylic acids is 1. The number of carboxylic acids is 1. The lowest BCUT2D eigenvalue weighted by Crippen LogP contribution is -2.16. The Morgan fingerprint density at radius 2 is 2.31 bits per heavy atom. The van der Waals surface area contributed by atoms with Gasteiger partial charge in [-0.05, 0) is 18.4 Å². The molecule has 1 atom stereocenters. The van der Waals surface area contributed by atoms with E-state index in [1.807, 2.05) is 18.4 Å². The summed E-state index contributed by atoms with van der Waals surface area (Å²) in [6.07, 6.45) is 1.82. The topological polar surface area (TPSA) is 72.5 Å². The molecule has 0 aliphatic carbocycles. The number of ether oxygens (including phenoxy) is 1. The summed E-state index contributed by atoms with van der Waals surface area (Å²) < 4.78 is 5.20. The van der Waals surface area contributed by atoms with E-state index in [1.54, 1.807) is 13.2 Å². The van der Waals surface area contributed by atoms with Gasteiger partial charge in [-0.2, -0.15) is 0 Å². The molecule has 5 heteroatoms. The predicted octanol–water partition coefficient (Wildman–Crippen LogP) is 1.89. The van der Waals surface area contributed by atoms with E-state index in [1.165, 1.54) is 11.8 Å². The van der Waals surface area contributed by atoms with Gasteiger partial charge in [0.2, 0.25) is 0 Å². The van der Waals surface area contributed by atoms with Gasteiger partial charge in [-0.15, -0.1) is 11.8 Å². The van der Waals surface area contributed by atoms with Gasteiger partial charge >= 0.3 is 5.97 Å². The summed E-state index contributed by atoms with van der Waals surface area (Å²) in [5, 5.41) is 8.74. The molecule has 1 aromatic carbocycles. The van der Waals surface area contributed by atoms with E-state index in [0.29, 0.717) is 5.75 Å². The van der Waals surface area contributed by atoms with Crippen molar-refractivity contribution in [1.82, 2.24) is 0 Å². The molecule has 0 saturated carbocycles. The van der Waals surface area contributed by atoms with Gasteiger partial charge in [-0.25, -0.2) is 0 Å². The minimum atomic E-state index is -0.912. The molecule has 3 N–H and O–H groups in total. The first-order chi connectivity index (χ1) is 7.60. The van der Waals surface area contributed by atoms with Crippen LogP contribution in [0.5, 0.6) is 5.75 Å². The zero-order chi connectivity index (χ0) is 12.1. The van der Waals surface area contributed by atoms with E-state index < -0.39 is 12.0 Å². The van der Waals surface area contributed by atoms with E-state index in [0.717, 1.165) is 10.5 Å². The van der Waals surface area contributed by atoms with Gasteiger partial charge in [0, 0.05) is 16.5 Å². The zero-order valence-corrected chi connectivity index (χ0v) is 10.1. The Morgan fingerprint density at radius 1 is 1.62 bits per heavy atom. The molecule has 0 bridgehead atoms. The summed E-state index contributed by atoms with van der Waals surface area (Å²) in [6, 6.07) is 5.01. The van der Waals surface area contributed by atoms with Gasteiger partial charge in [-0.3, -0.25) is 4.79 Å². The van der Waals surface area contributed by atoms with Crippen LogP contribution in [0.15, 0.2) is 23.1 Å². The maximum atomic E-state index is 10.7. The van der Waals surface area contributed by atoms with Crippen molar-refractivity contribution in [2.75, 3.05) is 13.4 Å². The molecule has 0 saturated heterocycles. The number of rotatable bonds is 5. The second-order valence-electron chi connectivity index (χ2n) is 3.28. The van der Waals surface area contributed by atoms with Gasteiger partial charge in [-0.1, -0.05) is 6.07 Å². The quantitative estimate of drug-likeness (QED) is 0.770. The Balaban J connectivity index is 3.12. The highest BCUT2D eigenvalue weighted by Crippen LogP contribution is 2.34. The van der Waals surface area contributed by atoms with Crippen LogP contribution in [-0.4, -0.2) is 24.4 Å². The third-order valence-electron chi connectivity index (χ3n) is 2.23. The number of benzene rings is 1. The van der Waals surface area contributed by atoms with Crippen LogP contribution in [0.25, 0.3) is 0 Å². The highest BCUT2D eigenvalue weighted by Gasteiger charge is 2.18. The van der Waals surface area contributed by atoms with Crippen LogP contribution in [0.3, 0.4) is 0 Å². The minimum Gasteiger partial charge on any atom is -0.496 e. The second-order valence-corrected chi connectivity index (χ2v) is 4.13. The molecular weight excluding hydrogens is 226 g/mol. The van der Waals surface area contributed by atoms with E-state index in [2.05, 4.69) is 0 Å². The van der Waals surface area contributed by atoms with Crippen LogP contribution in [0.1, 0.15) is 18.0 Å². The maximum absolute atomic E-state index is 10.7. The predicted molar refractivity (Wildman–Crippen MR) is 64.0 cm³/mol. The fourth-order valence-electron chi connectivity index (χ4n) is 1.54. The van der Waals surface area contributed by atoms with Gasteiger partial charge in [0.1, 0.15) is 5.75 Å². The van der Waals surface area contributed by atoms with E-state index >= 15 is 0 Å². The average molecular weight is 241 g/mol. The van der Waals surface area contributed by atoms with Crippen molar-refractivity contribution in [3.05, 3.63) is 23.8 Å². The molecule has 0 amide bonds. The highest BCUT2D eigenvalue weighted by molar-refractivity contribution is 7.98. The van der Waals surface area contributed by atoms with E-state index in [4.69, 9.17) is 15.6 Å². The molecule has 1 unspecified atom stereocenters. The number of thioether (sulfide) groups is 1. The second kappa shape index (κ2) is 5.77. The van der Waals surface area contributed by atoms with E-state index in [-0.39, 0.29) is 6.42 Å². The monoisotopic (exact) mass is 241 g/mol. The smallest absolute Gasteiger partial charge is 0.305 e. The Kier molecular flexibility index (Phi) is 4.64. The molecule has 0 heterocycles. The number of hydrogen-bond acceptors (Lipinski definition) is 4. The standard InChI is InChI=1S/C11H15NO3S/c1-15-8-4-3-5-9(16-2)11(8)7(12)6-10(13)14/h3-5,7H,6,12H2,1-2H3,(H,13,14). The molecule has 16 heavy (non-hydrogen) atoms. The molecule has 0 radical (unpaired) electrons. The molecule has 0 fully saturated rings. The van der Waals surface area contributed by atoms with Gasteiger partial charge in [0.05, 0.1) is 13.5 Å². The first kappa shape index (κ1) is 12.9. The normalized spacial score (nSPS) is 12.2. The Hall–Kier alpha value is -1.20. The average Bonchev–Trinajstić information content (AvgIpc) is 2.26. The lowest BCUT2D eigenvalue weighted by Gasteiger charge is -2.17. The van der Waals surface area contributed by atoms with Gasteiger partial charge in [0.15, 0.2) is 0 Å². The highest BCUT2D eigenvalue weighted by atomic mass is 32.2. The van der Waals surface area contributed by atoms with Crippen LogP contribution in [0.4, 0.5) is 0 Å². The summed E-state index contributed by atoms with van der Waals surface area (Å²) in [4.78, 5) is 11.6. The summed E-state index contributed by atoms with van der Waals surface area (Å²) in [5.41, 5.74) is 6.64. The van der Waals surface area contributed by atoms with Crippen LogP contribution >= 0.6 is 11.8 Å². The first-order valence-electron chi connectivity index (χ1n) is 4.78. The Labute approximate surface area is 98.8 Å². The maximum Gasteiger partial charge on any atom is 0.305 e. The van der Waals surface area contributed by atoms with Crippen LogP contribution in [-0.2, 0) is 4.79 Å². The summed E-state index contributed by atoms with van der Waals surface area (Å²) in [6.45, 7) is 0. The fourth-order valence-corrected chi connectivity index (χ4v) is 2.22. The summed E-state index contributed by atoms with van der Waals surface area (Å²) in [5.74, 6) is -0.272. The zero-order valence-electron chi connectivity index (χ0n) is 9.27. The Bertz CT molecular complexity index is 359. The molecule has 88 valence electrons. The summed E-state index contributed by atoms with van der Waals surface area (Å²) in [7, 11) is 1.55. The lowest BCUT2D eigenvalue weighted by molar-refractivity contribution is -0.137. The van der Waals surface area contributed by atoms with Crippen LogP contribution < -0.4 is 10.5 Å². The largest absolute Gasteiger partial charge is 0.496 e. The molecule has 0 aliphatic heterocycles. The molecule has 0 spiro atoms. The summed E-state index contributed by atoms with van der Waals surface area (Å²) >= 11 is 1.53. The van der Waals surface area contributed by atoms with Crippen LogP contribution in [0, 0.1) is 0 Å². The first-order valence-corrected chi connectivity index (χ1v) is 6.01. The molecule has 0 aliphatic rings. The van der Waals surface area contributed by atoms with Crippen molar-refractivity contribution < 1.29 is 14.6 Å². The van der Waals surface area contributed by atoms with Crippen molar-refractivity contribution in [3.8, 4) is 5.75 Å². The SMILES string of the molecule is COc1cccc(SC)c1C(N)CC(=O)O. The van der Waals surface area contributed by atoms with Crippen molar-refractivity contribution in [1.29, 1.82) is 0 Å². The number of carboxylic acid groups (broad SMARTS) is 1. The van der Waals surface area contributed by atoms with Gasteiger partial charge in [0.25, 0.3) is 0 Å². The Morgan fingerprint density at radius 3 is 2.81 bits per heavy atom. The van der Waals surface area contributed by atoms with Crippen LogP contribution in [0.2, 0.25) is 0 Å². The lowest BCUT2D eigenvalue weighted by atomic mass is 10.0. The van der Waals surface area contributed by atoms with Crippen molar-refractivity contribution >= 4 is 17.7 Å². The molecular formula is C11H15NO3S. The van der Waals surface area contributed by atoms with E-state index in [9.17, 15) is 4.79 Å². The third-order valence-corrected chi connectivity index (χ3v) is 3.03. The van der Waals surface area contributed by atoms with Gasteiger partial charge < -0.3 is 15.6 Å².